The Balaban J connectivity index is 2.38. The summed E-state index contributed by atoms with van der Waals surface area (Å²) in [6.45, 7) is 5.20. The third-order valence-corrected chi connectivity index (χ3v) is 4.42. The van der Waals surface area contributed by atoms with Crippen molar-refractivity contribution in [2.45, 2.75) is 39.2 Å². The van der Waals surface area contributed by atoms with Gasteiger partial charge in [-0.05, 0) is 18.8 Å². The van der Waals surface area contributed by atoms with Crippen molar-refractivity contribution in [3.8, 4) is 0 Å². The van der Waals surface area contributed by atoms with Gasteiger partial charge in [-0.15, -0.1) is 0 Å². The van der Waals surface area contributed by atoms with Crippen molar-refractivity contribution < 1.29 is 8.42 Å². The second kappa shape index (κ2) is 4.42. The van der Waals surface area contributed by atoms with E-state index in [-0.39, 0.29) is 0 Å². The molecule has 0 saturated carbocycles. The van der Waals surface area contributed by atoms with E-state index in [2.05, 4.69) is 24.0 Å². The van der Waals surface area contributed by atoms with E-state index in [1.807, 2.05) is 0 Å². The summed E-state index contributed by atoms with van der Waals surface area (Å²) in [5.41, 5.74) is 3.17. The summed E-state index contributed by atoms with van der Waals surface area (Å²) in [5.74, 6) is 0.314. The van der Waals surface area contributed by atoms with Crippen molar-refractivity contribution in [2.24, 2.45) is 0 Å². The van der Waals surface area contributed by atoms with E-state index in [9.17, 15) is 8.42 Å². The van der Waals surface area contributed by atoms with Gasteiger partial charge in [0, 0.05) is 24.3 Å². The van der Waals surface area contributed by atoms with Crippen LogP contribution < -0.4 is 0 Å². The number of fused-ring (bicyclic) bond motifs is 1. The lowest BCUT2D eigenvalue weighted by Crippen LogP contribution is -2.29. The molecule has 6 heteroatoms. The lowest BCUT2D eigenvalue weighted by atomic mass is 10.0. The van der Waals surface area contributed by atoms with Crippen LogP contribution in [0.5, 0.6) is 0 Å². The highest BCUT2D eigenvalue weighted by atomic mass is 32.2. The Hall–Kier alpha value is -0.880. The van der Waals surface area contributed by atoms with Crippen molar-refractivity contribution in [3.63, 3.8) is 0 Å². The van der Waals surface area contributed by atoms with E-state index in [1.54, 1.807) is 4.31 Å². The Morgan fingerprint density at radius 2 is 2.12 bits per heavy atom. The zero-order chi connectivity index (χ0) is 12.6. The molecular weight excluding hydrogens is 238 g/mol. The highest BCUT2D eigenvalue weighted by Crippen LogP contribution is 2.25. The number of aryl methyl sites for hydroxylation is 1. The number of H-pyrrole nitrogens is 1. The zero-order valence-electron chi connectivity index (χ0n) is 10.5. The molecule has 0 fully saturated rings. The fraction of sp³-hybridized carbons (Fsp3) is 0.727. The van der Waals surface area contributed by atoms with Crippen LogP contribution in [-0.2, 0) is 23.0 Å². The molecule has 1 aliphatic heterocycles. The molecule has 96 valence electrons. The number of aromatic nitrogens is 2. The predicted molar refractivity (Wildman–Crippen MR) is 66.3 cm³/mol. The van der Waals surface area contributed by atoms with Gasteiger partial charge in [-0.3, -0.25) is 5.10 Å². The van der Waals surface area contributed by atoms with Crippen molar-refractivity contribution in [1.82, 2.24) is 14.5 Å². The lowest BCUT2D eigenvalue weighted by Gasteiger charge is -2.18. The van der Waals surface area contributed by atoms with Crippen molar-refractivity contribution in [3.05, 3.63) is 17.0 Å². The molecule has 0 aliphatic carbocycles. The number of hydrogen-bond acceptors (Lipinski definition) is 3. The molecule has 2 rings (SSSR count). The average molecular weight is 257 g/mol. The summed E-state index contributed by atoms with van der Waals surface area (Å²) in [5, 5.41) is 7.36. The quantitative estimate of drug-likeness (QED) is 0.867. The highest BCUT2D eigenvalue weighted by molar-refractivity contribution is 7.88. The van der Waals surface area contributed by atoms with Gasteiger partial charge in [-0.1, -0.05) is 13.8 Å². The molecule has 1 aromatic heterocycles. The minimum Gasteiger partial charge on any atom is -0.282 e. The van der Waals surface area contributed by atoms with Crippen LogP contribution in [0.15, 0.2) is 0 Å². The van der Waals surface area contributed by atoms with Crippen molar-refractivity contribution >= 4 is 10.0 Å². The van der Waals surface area contributed by atoms with Gasteiger partial charge in [0.05, 0.1) is 11.9 Å². The normalized spacial score (nSPS) is 18.1. The largest absolute Gasteiger partial charge is 0.282 e. The molecule has 17 heavy (non-hydrogen) atoms. The maximum absolute atomic E-state index is 11.6. The van der Waals surface area contributed by atoms with E-state index < -0.39 is 10.0 Å². The number of nitrogens with zero attached hydrogens (tertiary/aromatic N) is 2. The molecule has 0 aromatic carbocycles. The van der Waals surface area contributed by atoms with E-state index in [0.717, 1.165) is 29.8 Å². The lowest BCUT2D eigenvalue weighted by molar-refractivity contribution is 0.412. The van der Waals surface area contributed by atoms with Gasteiger partial charge in [-0.2, -0.15) is 9.40 Å². The first-order valence-electron chi connectivity index (χ1n) is 5.90. The highest BCUT2D eigenvalue weighted by Gasteiger charge is 2.25. The average Bonchev–Trinajstić information content (AvgIpc) is 2.47. The third-order valence-electron chi connectivity index (χ3n) is 3.17. The first-order valence-corrected chi connectivity index (χ1v) is 7.75. The molecule has 0 spiro atoms. The van der Waals surface area contributed by atoms with Gasteiger partial charge in [0.1, 0.15) is 0 Å². The molecule has 1 aromatic rings. The number of aromatic amines is 1. The minimum atomic E-state index is -3.12. The molecule has 2 heterocycles. The van der Waals surface area contributed by atoms with Gasteiger partial charge >= 0.3 is 0 Å². The summed E-state index contributed by atoms with van der Waals surface area (Å²) in [6.07, 6.45) is 2.99. The number of hydrogen-bond donors (Lipinski definition) is 1. The Bertz CT molecular complexity index is 505. The smallest absolute Gasteiger partial charge is 0.211 e. The molecule has 0 unspecified atom stereocenters. The third kappa shape index (κ3) is 2.52. The van der Waals surface area contributed by atoms with Crippen LogP contribution in [0.25, 0.3) is 0 Å². The SMILES string of the molecule is CC(C)c1n[nH]c2c1CN(S(C)(=O)=O)CCC2. The summed E-state index contributed by atoms with van der Waals surface area (Å²) < 4.78 is 24.8. The standard InChI is InChI=1S/C11H19N3O2S/c1-8(2)11-9-7-14(17(3,15)16)6-4-5-10(9)12-13-11/h8H,4-7H2,1-3H3,(H,12,13). The monoisotopic (exact) mass is 257 g/mol. The molecule has 0 radical (unpaired) electrons. The van der Waals surface area contributed by atoms with Gasteiger partial charge < -0.3 is 0 Å². The second-order valence-electron chi connectivity index (χ2n) is 4.92. The maximum Gasteiger partial charge on any atom is 0.211 e. The van der Waals surface area contributed by atoms with E-state index >= 15 is 0 Å². The molecular formula is C11H19N3O2S. The Labute approximate surface area is 102 Å². The number of rotatable bonds is 2. The summed E-state index contributed by atoms with van der Waals surface area (Å²) in [6, 6.07) is 0. The molecule has 0 atom stereocenters. The van der Waals surface area contributed by atoms with Crippen LogP contribution in [-0.4, -0.2) is 35.7 Å². The van der Waals surface area contributed by atoms with Gasteiger partial charge in [-0.25, -0.2) is 8.42 Å². The van der Waals surface area contributed by atoms with Gasteiger partial charge in [0.25, 0.3) is 0 Å². The molecule has 0 amide bonds. The summed E-state index contributed by atoms with van der Waals surface area (Å²) in [4.78, 5) is 0. The zero-order valence-corrected chi connectivity index (χ0v) is 11.3. The maximum atomic E-state index is 11.6. The Morgan fingerprint density at radius 3 is 2.71 bits per heavy atom. The fourth-order valence-electron chi connectivity index (χ4n) is 2.25. The molecule has 0 saturated heterocycles. The van der Waals surface area contributed by atoms with Crippen LogP contribution >= 0.6 is 0 Å². The van der Waals surface area contributed by atoms with Crippen molar-refractivity contribution in [1.29, 1.82) is 0 Å². The van der Waals surface area contributed by atoms with Crippen LogP contribution in [0.1, 0.15) is 43.1 Å². The predicted octanol–water partition coefficient (Wildman–Crippen LogP) is 1.24. The van der Waals surface area contributed by atoms with Crippen molar-refractivity contribution in [2.75, 3.05) is 12.8 Å². The summed E-state index contributed by atoms with van der Waals surface area (Å²) in [7, 11) is -3.12. The Kier molecular flexibility index (Phi) is 3.27. The van der Waals surface area contributed by atoms with Gasteiger partial charge in [0.15, 0.2) is 0 Å². The van der Waals surface area contributed by atoms with Gasteiger partial charge in [0.2, 0.25) is 10.0 Å². The molecule has 5 nitrogen and oxygen atoms in total. The second-order valence-corrected chi connectivity index (χ2v) is 6.90. The fourth-order valence-corrected chi connectivity index (χ4v) is 3.07. The van der Waals surface area contributed by atoms with Crippen LogP contribution in [0.2, 0.25) is 0 Å². The van der Waals surface area contributed by atoms with Crippen LogP contribution in [0, 0.1) is 0 Å². The number of sulfonamides is 1. The van der Waals surface area contributed by atoms with E-state index in [0.29, 0.717) is 19.0 Å². The van der Waals surface area contributed by atoms with Crippen LogP contribution in [0.4, 0.5) is 0 Å². The van der Waals surface area contributed by atoms with E-state index in [4.69, 9.17) is 0 Å². The number of nitrogens with one attached hydrogen (secondary N) is 1. The topological polar surface area (TPSA) is 66.1 Å². The van der Waals surface area contributed by atoms with E-state index in [1.165, 1.54) is 6.26 Å². The minimum absolute atomic E-state index is 0.314. The first-order chi connectivity index (χ1) is 7.89. The first kappa shape index (κ1) is 12.6. The molecule has 0 bridgehead atoms. The Morgan fingerprint density at radius 1 is 1.41 bits per heavy atom. The molecule has 1 N–H and O–H groups in total. The van der Waals surface area contributed by atoms with Crippen LogP contribution in [0.3, 0.4) is 0 Å². The molecule has 1 aliphatic rings. The summed E-state index contributed by atoms with van der Waals surface area (Å²) >= 11 is 0.